The van der Waals surface area contributed by atoms with Gasteiger partial charge in [0.1, 0.15) is 5.71 Å². The van der Waals surface area contributed by atoms with Crippen LogP contribution in [0.4, 0.5) is 20.2 Å². The highest BCUT2D eigenvalue weighted by Crippen LogP contribution is 2.26. The van der Waals surface area contributed by atoms with Crippen LogP contribution in [-0.2, 0) is 14.3 Å². The largest absolute Gasteiger partial charge is 0.461 e. The van der Waals surface area contributed by atoms with Gasteiger partial charge in [0.05, 0.1) is 25.5 Å². The second-order valence-corrected chi connectivity index (χ2v) is 4.87. The van der Waals surface area contributed by atoms with Crippen molar-refractivity contribution in [3.8, 4) is 0 Å². The Hall–Kier alpha value is -2.22. The van der Waals surface area contributed by atoms with Crippen molar-refractivity contribution in [2.24, 2.45) is 0 Å². The maximum atomic E-state index is 12.8. The van der Waals surface area contributed by atoms with Crippen molar-refractivity contribution >= 4 is 23.1 Å². The number of morpholine rings is 1. The predicted octanol–water partition coefficient (Wildman–Crippen LogP) is 2.09. The predicted molar refractivity (Wildman–Crippen MR) is 82.6 cm³/mol. The molecule has 6 nitrogen and oxygen atoms in total. The third-order valence-corrected chi connectivity index (χ3v) is 3.39. The Morgan fingerprint density at radius 3 is 2.74 bits per heavy atom. The van der Waals surface area contributed by atoms with Gasteiger partial charge in [-0.25, -0.2) is 4.79 Å². The number of rotatable bonds is 6. The molecule has 0 aromatic heterocycles. The van der Waals surface area contributed by atoms with E-state index < -0.39 is 18.2 Å². The average Bonchev–Trinajstić information content (AvgIpc) is 2.54. The van der Waals surface area contributed by atoms with Gasteiger partial charge in [-0.15, -0.1) is 0 Å². The van der Waals surface area contributed by atoms with Crippen molar-refractivity contribution in [1.82, 2.24) is 0 Å². The number of anilines is 2. The molecular formula is C15H19F2N3O3. The molecular weight excluding hydrogens is 308 g/mol. The minimum absolute atomic E-state index is 0.0297. The molecule has 0 amide bonds. The Balaban J connectivity index is 2.30. The first-order chi connectivity index (χ1) is 11.0. The van der Waals surface area contributed by atoms with E-state index in [1.54, 1.807) is 13.0 Å². The molecule has 1 heterocycles. The van der Waals surface area contributed by atoms with Crippen molar-refractivity contribution < 1.29 is 23.0 Å². The Kier molecular flexibility index (Phi) is 5.86. The van der Waals surface area contributed by atoms with Crippen LogP contribution in [0.1, 0.15) is 12.5 Å². The zero-order valence-corrected chi connectivity index (χ0v) is 12.8. The van der Waals surface area contributed by atoms with E-state index >= 15 is 0 Å². The van der Waals surface area contributed by atoms with Crippen LogP contribution in [0.3, 0.4) is 0 Å². The van der Waals surface area contributed by atoms with Crippen molar-refractivity contribution in [1.29, 1.82) is 5.41 Å². The van der Waals surface area contributed by atoms with E-state index in [4.69, 9.17) is 14.9 Å². The lowest BCUT2D eigenvalue weighted by Crippen LogP contribution is -2.36. The lowest BCUT2D eigenvalue weighted by atomic mass is 10.1. The summed E-state index contributed by atoms with van der Waals surface area (Å²) in [5, 5.41) is 9.84. The van der Waals surface area contributed by atoms with Gasteiger partial charge in [0.15, 0.2) is 0 Å². The highest BCUT2D eigenvalue weighted by atomic mass is 19.3. The minimum atomic E-state index is -2.80. The Bertz CT molecular complexity index is 575. The highest BCUT2D eigenvalue weighted by molar-refractivity contribution is 6.43. The molecule has 2 N–H and O–H groups in total. The molecule has 1 saturated heterocycles. The van der Waals surface area contributed by atoms with Gasteiger partial charge in [-0.2, -0.15) is 8.78 Å². The number of nitrogens with zero attached hydrogens (tertiary/aromatic N) is 1. The number of esters is 1. The van der Waals surface area contributed by atoms with Crippen LogP contribution in [0.15, 0.2) is 18.2 Å². The van der Waals surface area contributed by atoms with E-state index in [-0.39, 0.29) is 17.9 Å². The first-order valence-corrected chi connectivity index (χ1v) is 7.30. The van der Waals surface area contributed by atoms with Crippen LogP contribution in [0, 0.1) is 5.41 Å². The molecule has 8 heteroatoms. The topological polar surface area (TPSA) is 74.7 Å². The molecule has 1 aromatic carbocycles. The van der Waals surface area contributed by atoms with Gasteiger partial charge in [0.2, 0.25) is 0 Å². The lowest BCUT2D eigenvalue weighted by molar-refractivity contribution is -0.135. The summed E-state index contributed by atoms with van der Waals surface area (Å²) >= 11 is 0. The summed E-state index contributed by atoms with van der Waals surface area (Å²) < 4.78 is 35.5. The third kappa shape index (κ3) is 4.38. The fourth-order valence-electron chi connectivity index (χ4n) is 2.32. The number of alkyl halides is 2. The second kappa shape index (κ2) is 7.87. The normalized spacial score (nSPS) is 14.7. The standard InChI is InChI=1S/C15H19F2N3O3/c1-2-23-14(21)13(18)11-4-3-10(9-12(11)19-15(16)17)20-5-7-22-8-6-20/h3-4,9,15,18-19H,2,5-8H2,1H3. The van der Waals surface area contributed by atoms with Crippen LogP contribution < -0.4 is 10.2 Å². The van der Waals surface area contributed by atoms with E-state index in [0.717, 1.165) is 5.69 Å². The van der Waals surface area contributed by atoms with Crippen molar-refractivity contribution in [3.05, 3.63) is 23.8 Å². The van der Waals surface area contributed by atoms with Crippen LogP contribution in [0.5, 0.6) is 0 Å². The van der Waals surface area contributed by atoms with E-state index in [1.165, 1.54) is 12.1 Å². The average molecular weight is 327 g/mol. The van der Waals surface area contributed by atoms with Crippen LogP contribution in [-0.4, -0.2) is 51.1 Å². The van der Waals surface area contributed by atoms with Crippen molar-refractivity contribution in [2.75, 3.05) is 43.1 Å². The van der Waals surface area contributed by atoms with Crippen LogP contribution >= 0.6 is 0 Å². The van der Waals surface area contributed by atoms with E-state index in [1.807, 2.05) is 10.2 Å². The molecule has 1 fully saturated rings. The quantitative estimate of drug-likeness (QED) is 0.475. The maximum Gasteiger partial charge on any atom is 0.356 e. The molecule has 0 unspecified atom stereocenters. The molecule has 0 bridgehead atoms. The van der Waals surface area contributed by atoms with Gasteiger partial charge in [-0.05, 0) is 25.1 Å². The summed E-state index contributed by atoms with van der Waals surface area (Å²) in [6, 6.07) is 4.69. The zero-order valence-electron chi connectivity index (χ0n) is 12.8. The van der Waals surface area contributed by atoms with Gasteiger partial charge in [-0.3, -0.25) is 5.41 Å². The van der Waals surface area contributed by atoms with Gasteiger partial charge < -0.3 is 19.7 Å². The number of carbonyl (C=O) groups is 1. The summed E-state index contributed by atoms with van der Waals surface area (Å²) in [6.07, 6.45) is 0. The fourth-order valence-corrected chi connectivity index (χ4v) is 2.32. The van der Waals surface area contributed by atoms with Gasteiger partial charge in [0.25, 0.3) is 0 Å². The number of ether oxygens (including phenoxy) is 2. The molecule has 0 radical (unpaired) electrons. The molecule has 23 heavy (non-hydrogen) atoms. The number of benzene rings is 1. The summed E-state index contributed by atoms with van der Waals surface area (Å²) in [4.78, 5) is 13.7. The second-order valence-electron chi connectivity index (χ2n) is 4.87. The fraction of sp³-hybridized carbons (Fsp3) is 0.467. The number of carbonyl (C=O) groups excluding carboxylic acids is 1. The molecule has 1 aromatic rings. The number of hydrogen-bond donors (Lipinski definition) is 2. The van der Waals surface area contributed by atoms with Crippen molar-refractivity contribution in [3.63, 3.8) is 0 Å². The molecule has 0 atom stereocenters. The molecule has 1 aliphatic rings. The minimum Gasteiger partial charge on any atom is -0.461 e. The highest BCUT2D eigenvalue weighted by Gasteiger charge is 2.20. The lowest BCUT2D eigenvalue weighted by Gasteiger charge is -2.29. The number of hydrogen-bond acceptors (Lipinski definition) is 6. The van der Waals surface area contributed by atoms with E-state index in [9.17, 15) is 13.6 Å². The molecule has 2 rings (SSSR count). The van der Waals surface area contributed by atoms with E-state index in [0.29, 0.717) is 26.3 Å². The zero-order chi connectivity index (χ0) is 16.8. The molecule has 126 valence electrons. The SMILES string of the molecule is CCOC(=O)C(=N)c1ccc(N2CCOCC2)cc1NC(F)F. The Morgan fingerprint density at radius 1 is 1.43 bits per heavy atom. The molecule has 0 aliphatic carbocycles. The summed E-state index contributed by atoms with van der Waals surface area (Å²) in [6.45, 7) is 1.38. The monoisotopic (exact) mass is 327 g/mol. The first kappa shape index (κ1) is 17.1. The molecule has 1 aliphatic heterocycles. The van der Waals surface area contributed by atoms with Gasteiger partial charge >= 0.3 is 12.5 Å². The van der Waals surface area contributed by atoms with Crippen LogP contribution in [0.25, 0.3) is 0 Å². The Morgan fingerprint density at radius 2 is 2.13 bits per heavy atom. The summed E-state index contributed by atoms with van der Waals surface area (Å²) in [5.41, 5.74) is 0.392. The van der Waals surface area contributed by atoms with Gasteiger partial charge in [0, 0.05) is 24.3 Å². The number of nitrogens with one attached hydrogen (secondary N) is 2. The molecule has 0 saturated carbocycles. The van der Waals surface area contributed by atoms with Crippen molar-refractivity contribution in [2.45, 2.75) is 13.5 Å². The van der Waals surface area contributed by atoms with Gasteiger partial charge in [-0.1, -0.05) is 0 Å². The third-order valence-electron chi connectivity index (χ3n) is 3.39. The Labute approximate surface area is 132 Å². The maximum absolute atomic E-state index is 12.8. The van der Waals surface area contributed by atoms with E-state index in [2.05, 4.69) is 0 Å². The summed E-state index contributed by atoms with van der Waals surface area (Å²) in [7, 11) is 0. The number of halogens is 2. The molecule has 0 spiro atoms. The first-order valence-electron chi connectivity index (χ1n) is 7.30. The summed E-state index contributed by atoms with van der Waals surface area (Å²) in [5.74, 6) is -0.844. The van der Waals surface area contributed by atoms with Crippen LogP contribution in [0.2, 0.25) is 0 Å². The smallest absolute Gasteiger partial charge is 0.356 e.